The van der Waals surface area contributed by atoms with Crippen LogP contribution in [0.5, 0.6) is 0 Å². The van der Waals surface area contributed by atoms with Gasteiger partial charge in [-0.2, -0.15) is 0 Å². The van der Waals surface area contributed by atoms with Crippen LogP contribution in [0.25, 0.3) is 11.4 Å². The quantitative estimate of drug-likeness (QED) is 0.590. The number of thioether (sulfide) groups is 2. The number of fused-ring (bicyclic) bond motifs is 1. The minimum absolute atomic E-state index is 0.0937. The van der Waals surface area contributed by atoms with Crippen molar-refractivity contribution in [3.05, 3.63) is 42.4 Å². The van der Waals surface area contributed by atoms with Crippen LogP contribution in [0.2, 0.25) is 0 Å². The number of furan rings is 1. The third kappa shape index (κ3) is 3.71. The molecule has 6 nitrogen and oxygen atoms in total. The second kappa shape index (κ2) is 8.05. The summed E-state index contributed by atoms with van der Waals surface area (Å²) in [6.07, 6.45) is 2.62. The van der Waals surface area contributed by atoms with Gasteiger partial charge in [0.1, 0.15) is 5.76 Å². The number of amides is 1. The van der Waals surface area contributed by atoms with Crippen LogP contribution in [-0.4, -0.2) is 38.2 Å². The molecule has 1 aliphatic heterocycles. The average Bonchev–Trinajstić information content (AvgIpc) is 3.21. The van der Waals surface area contributed by atoms with E-state index < -0.39 is 0 Å². The highest BCUT2D eigenvalue weighted by molar-refractivity contribution is 8.00. The van der Waals surface area contributed by atoms with Crippen LogP contribution in [0.4, 0.5) is 5.69 Å². The molecular weight excluding hydrogens is 392 g/mol. The van der Waals surface area contributed by atoms with Gasteiger partial charge in [-0.15, -0.1) is 22.0 Å². The highest BCUT2D eigenvalue weighted by atomic mass is 32.2. The molecule has 3 heterocycles. The number of hydrogen-bond donors (Lipinski definition) is 0. The lowest BCUT2D eigenvalue weighted by Gasteiger charge is -2.22. The van der Waals surface area contributed by atoms with Gasteiger partial charge in [-0.05, 0) is 31.5 Å². The Balaban J connectivity index is 1.50. The molecule has 0 unspecified atom stereocenters. The van der Waals surface area contributed by atoms with E-state index in [9.17, 15) is 4.79 Å². The topological polar surface area (TPSA) is 64.2 Å². The van der Waals surface area contributed by atoms with Gasteiger partial charge in [0.25, 0.3) is 0 Å². The molecule has 0 spiro atoms. The van der Waals surface area contributed by atoms with Crippen molar-refractivity contribution >= 4 is 35.1 Å². The van der Waals surface area contributed by atoms with Crippen molar-refractivity contribution in [2.75, 3.05) is 17.2 Å². The summed E-state index contributed by atoms with van der Waals surface area (Å²) in [6.45, 7) is 4.85. The summed E-state index contributed by atoms with van der Waals surface area (Å²) in [4.78, 5) is 16.1. The minimum atomic E-state index is 0.0937. The molecule has 28 heavy (non-hydrogen) atoms. The lowest BCUT2D eigenvalue weighted by Crippen LogP contribution is -2.33. The molecule has 0 aliphatic carbocycles. The molecule has 1 atom stereocenters. The molecule has 0 saturated heterocycles. The standard InChI is InChI=1S/C20H22N4O2S2/c1-13-8-10-24(16-6-4-5-7-17(16)28-13)18(25)12-27-20-22-21-19(23(20)3)15-9-11-26-14(15)2/h4-7,9,11,13H,8,10,12H2,1-3H3/t13-/m0/s1. The highest BCUT2D eigenvalue weighted by Gasteiger charge is 2.25. The average molecular weight is 415 g/mol. The monoisotopic (exact) mass is 414 g/mol. The predicted octanol–water partition coefficient (Wildman–Crippen LogP) is 4.39. The van der Waals surface area contributed by atoms with Crippen LogP contribution in [0.3, 0.4) is 0 Å². The number of nitrogens with zero attached hydrogens (tertiary/aromatic N) is 4. The number of aryl methyl sites for hydroxylation is 1. The van der Waals surface area contributed by atoms with Crippen molar-refractivity contribution in [1.82, 2.24) is 14.8 Å². The maximum absolute atomic E-state index is 13.0. The van der Waals surface area contributed by atoms with Crippen molar-refractivity contribution in [3.63, 3.8) is 0 Å². The number of benzene rings is 1. The Morgan fingerprint density at radius 2 is 2.14 bits per heavy atom. The van der Waals surface area contributed by atoms with Gasteiger partial charge >= 0.3 is 0 Å². The SMILES string of the molecule is Cc1occc1-c1nnc(SCC(=O)N2CC[C@H](C)Sc3ccccc32)n1C. The zero-order chi connectivity index (χ0) is 19.7. The number of carbonyl (C=O) groups excluding carboxylic acids is 1. The van der Waals surface area contributed by atoms with E-state index in [2.05, 4.69) is 23.2 Å². The molecule has 0 N–H and O–H groups in total. The molecule has 8 heteroatoms. The van der Waals surface area contributed by atoms with E-state index in [-0.39, 0.29) is 5.91 Å². The van der Waals surface area contributed by atoms with Crippen LogP contribution in [-0.2, 0) is 11.8 Å². The molecule has 0 saturated carbocycles. The lowest BCUT2D eigenvalue weighted by molar-refractivity contribution is -0.116. The van der Waals surface area contributed by atoms with E-state index >= 15 is 0 Å². The second-order valence-electron chi connectivity index (χ2n) is 6.77. The smallest absolute Gasteiger partial charge is 0.237 e. The van der Waals surface area contributed by atoms with E-state index in [0.717, 1.165) is 41.0 Å². The maximum atomic E-state index is 13.0. The first-order valence-corrected chi connectivity index (χ1v) is 11.0. The minimum Gasteiger partial charge on any atom is -0.469 e. The van der Waals surface area contributed by atoms with Crippen molar-refractivity contribution in [2.24, 2.45) is 7.05 Å². The number of rotatable bonds is 4. The van der Waals surface area contributed by atoms with Crippen LogP contribution in [0.15, 0.2) is 51.1 Å². The summed E-state index contributed by atoms with van der Waals surface area (Å²) in [5.41, 5.74) is 1.93. The van der Waals surface area contributed by atoms with Crippen molar-refractivity contribution in [1.29, 1.82) is 0 Å². The van der Waals surface area contributed by atoms with E-state index in [0.29, 0.717) is 11.0 Å². The molecule has 4 rings (SSSR count). The van der Waals surface area contributed by atoms with Gasteiger partial charge in [0.05, 0.1) is 23.3 Å². The maximum Gasteiger partial charge on any atom is 0.237 e. The van der Waals surface area contributed by atoms with Gasteiger partial charge in [0.15, 0.2) is 11.0 Å². The normalized spacial score (nSPS) is 16.7. The summed E-state index contributed by atoms with van der Waals surface area (Å²) in [6, 6.07) is 10.0. The van der Waals surface area contributed by atoms with Crippen molar-refractivity contribution < 1.29 is 9.21 Å². The van der Waals surface area contributed by atoms with E-state index in [1.54, 1.807) is 6.26 Å². The largest absolute Gasteiger partial charge is 0.469 e. The highest BCUT2D eigenvalue weighted by Crippen LogP contribution is 2.37. The van der Waals surface area contributed by atoms with Gasteiger partial charge < -0.3 is 13.9 Å². The molecule has 146 valence electrons. The molecule has 0 bridgehead atoms. The van der Waals surface area contributed by atoms with Crippen LogP contribution in [0.1, 0.15) is 19.1 Å². The summed E-state index contributed by atoms with van der Waals surface area (Å²) in [5.74, 6) is 1.96. The fraction of sp³-hybridized carbons (Fsp3) is 0.350. The summed E-state index contributed by atoms with van der Waals surface area (Å²) < 4.78 is 7.27. The van der Waals surface area contributed by atoms with Gasteiger partial charge in [-0.25, -0.2) is 0 Å². The van der Waals surface area contributed by atoms with E-state index in [1.165, 1.54) is 16.7 Å². The number of anilines is 1. The first-order chi connectivity index (χ1) is 13.5. The number of hydrogen-bond acceptors (Lipinski definition) is 6. The number of para-hydroxylation sites is 1. The number of carbonyl (C=O) groups is 1. The lowest BCUT2D eigenvalue weighted by atomic mass is 10.2. The molecule has 0 radical (unpaired) electrons. The fourth-order valence-electron chi connectivity index (χ4n) is 3.24. The number of aromatic nitrogens is 3. The fourth-order valence-corrected chi connectivity index (χ4v) is 5.14. The molecule has 2 aromatic heterocycles. The Labute approximate surface area is 172 Å². The Bertz CT molecular complexity index is 998. The third-order valence-corrected chi connectivity index (χ3v) is 7.05. The van der Waals surface area contributed by atoms with Crippen molar-refractivity contribution in [2.45, 2.75) is 35.6 Å². The van der Waals surface area contributed by atoms with Crippen molar-refractivity contribution in [3.8, 4) is 11.4 Å². The summed E-state index contributed by atoms with van der Waals surface area (Å²) in [7, 11) is 1.91. The molecule has 1 aliphatic rings. The Kier molecular flexibility index (Phi) is 5.50. The van der Waals surface area contributed by atoms with Gasteiger partial charge in [-0.1, -0.05) is 30.8 Å². The van der Waals surface area contributed by atoms with Gasteiger partial charge in [0, 0.05) is 23.7 Å². The van der Waals surface area contributed by atoms with Gasteiger partial charge in [0.2, 0.25) is 5.91 Å². The second-order valence-corrected chi connectivity index (χ2v) is 9.20. The molecule has 1 amide bonds. The summed E-state index contributed by atoms with van der Waals surface area (Å²) in [5, 5.41) is 9.75. The first kappa shape index (κ1) is 19.1. The molecule has 0 fully saturated rings. The molecular formula is C20H22N4O2S2. The predicted molar refractivity (Wildman–Crippen MR) is 113 cm³/mol. The zero-order valence-corrected chi connectivity index (χ0v) is 17.7. The van der Waals surface area contributed by atoms with Crippen LogP contribution < -0.4 is 4.90 Å². The Morgan fingerprint density at radius 1 is 1.32 bits per heavy atom. The van der Waals surface area contributed by atoms with Gasteiger partial charge in [-0.3, -0.25) is 4.79 Å². The first-order valence-electron chi connectivity index (χ1n) is 9.17. The zero-order valence-electron chi connectivity index (χ0n) is 16.1. The van der Waals surface area contributed by atoms with Crippen LogP contribution >= 0.6 is 23.5 Å². The van der Waals surface area contributed by atoms with E-state index in [1.807, 2.05) is 59.5 Å². The van der Waals surface area contributed by atoms with Crippen LogP contribution in [0, 0.1) is 6.92 Å². The summed E-state index contributed by atoms with van der Waals surface area (Å²) >= 11 is 3.25. The third-order valence-electron chi connectivity index (χ3n) is 4.80. The van der Waals surface area contributed by atoms with E-state index in [4.69, 9.17) is 4.42 Å². The molecule has 1 aromatic carbocycles. The Hall–Kier alpha value is -2.19. The Morgan fingerprint density at radius 3 is 2.93 bits per heavy atom. The molecule has 3 aromatic rings.